The van der Waals surface area contributed by atoms with Gasteiger partial charge in [-0.25, -0.2) is 9.37 Å². The summed E-state index contributed by atoms with van der Waals surface area (Å²) >= 11 is 1.66. The van der Waals surface area contributed by atoms with Crippen molar-refractivity contribution in [3.05, 3.63) is 51.7 Å². The summed E-state index contributed by atoms with van der Waals surface area (Å²) in [6.45, 7) is 0.791. The third-order valence-electron chi connectivity index (χ3n) is 3.17. The molecule has 1 aromatic heterocycles. The summed E-state index contributed by atoms with van der Waals surface area (Å²) < 4.78 is 13.1. The second-order valence-electron chi connectivity index (χ2n) is 4.24. The molecule has 0 saturated carbocycles. The molecule has 1 aromatic carbocycles. The van der Waals surface area contributed by atoms with Crippen LogP contribution < -0.4 is 5.32 Å². The molecule has 0 saturated heterocycles. The zero-order valence-electron chi connectivity index (χ0n) is 9.32. The smallest absolute Gasteiger partial charge is 0.123 e. The molecule has 1 heterocycles. The summed E-state index contributed by atoms with van der Waals surface area (Å²) in [5.74, 6) is -0.135. The summed E-state index contributed by atoms with van der Waals surface area (Å²) in [5.41, 5.74) is 2.38. The molecule has 1 aliphatic rings. The summed E-state index contributed by atoms with van der Waals surface area (Å²) in [5, 5.41) is 6.56. The fourth-order valence-corrected chi connectivity index (χ4v) is 2.92. The molecule has 1 unspecified atom stereocenters. The number of nitrogens with zero attached hydrogens (tertiary/aromatic N) is 1. The highest BCUT2D eigenvalue weighted by atomic mass is 32.1. The molecule has 2 aromatic rings. The number of benzene rings is 1. The molecule has 0 radical (unpaired) electrons. The van der Waals surface area contributed by atoms with Crippen LogP contribution in [0.4, 0.5) is 4.39 Å². The second-order valence-corrected chi connectivity index (χ2v) is 5.22. The number of aromatic nitrogens is 1. The topological polar surface area (TPSA) is 24.9 Å². The fourth-order valence-electron chi connectivity index (χ4n) is 2.35. The number of halogens is 1. The number of aryl methyl sites for hydroxylation is 1. The number of fused-ring (bicyclic) bond motifs is 1. The van der Waals surface area contributed by atoms with Crippen molar-refractivity contribution in [3.63, 3.8) is 0 Å². The maximum atomic E-state index is 13.1. The lowest BCUT2D eigenvalue weighted by Crippen LogP contribution is -2.18. The third kappa shape index (κ3) is 2.23. The Morgan fingerprint density at radius 2 is 2.41 bits per heavy atom. The quantitative estimate of drug-likeness (QED) is 0.903. The zero-order valence-corrected chi connectivity index (χ0v) is 10.1. The average Bonchev–Trinajstić information content (AvgIpc) is 2.94. The Balaban J connectivity index is 1.71. The van der Waals surface area contributed by atoms with E-state index in [0.29, 0.717) is 6.04 Å². The largest absolute Gasteiger partial charge is 0.304 e. The van der Waals surface area contributed by atoms with E-state index in [4.69, 9.17) is 0 Å². The highest BCUT2D eigenvalue weighted by molar-refractivity contribution is 7.09. The molecule has 17 heavy (non-hydrogen) atoms. The van der Waals surface area contributed by atoms with Gasteiger partial charge in [-0.05, 0) is 36.1 Å². The van der Waals surface area contributed by atoms with Crippen molar-refractivity contribution < 1.29 is 4.39 Å². The van der Waals surface area contributed by atoms with E-state index in [1.807, 2.05) is 17.6 Å². The molecule has 0 bridgehead atoms. The van der Waals surface area contributed by atoms with Gasteiger partial charge < -0.3 is 5.32 Å². The summed E-state index contributed by atoms with van der Waals surface area (Å²) in [6, 6.07) is 5.44. The minimum absolute atomic E-state index is 0.135. The van der Waals surface area contributed by atoms with E-state index in [-0.39, 0.29) is 5.82 Å². The maximum Gasteiger partial charge on any atom is 0.123 e. The molecule has 0 aliphatic heterocycles. The van der Waals surface area contributed by atoms with Crippen molar-refractivity contribution in [3.8, 4) is 0 Å². The van der Waals surface area contributed by atoms with Crippen LogP contribution in [0.2, 0.25) is 0 Å². The van der Waals surface area contributed by atoms with Gasteiger partial charge in [0, 0.05) is 24.2 Å². The Morgan fingerprint density at radius 1 is 1.47 bits per heavy atom. The highest BCUT2D eigenvalue weighted by Gasteiger charge is 2.22. The summed E-state index contributed by atoms with van der Waals surface area (Å²) in [6.07, 6.45) is 3.83. The number of thiazole rings is 1. The van der Waals surface area contributed by atoms with Crippen LogP contribution in [0, 0.1) is 5.82 Å². The molecule has 1 aliphatic carbocycles. The van der Waals surface area contributed by atoms with Gasteiger partial charge in [0.05, 0.1) is 0 Å². The van der Waals surface area contributed by atoms with Crippen LogP contribution in [0.3, 0.4) is 0 Å². The molecular weight excluding hydrogens is 235 g/mol. The second kappa shape index (κ2) is 4.55. The summed E-state index contributed by atoms with van der Waals surface area (Å²) in [4.78, 5) is 4.24. The minimum Gasteiger partial charge on any atom is -0.304 e. The predicted molar refractivity (Wildman–Crippen MR) is 66.4 cm³/mol. The number of rotatable bonds is 3. The highest BCUT2D eigenvalue weighted by Crippen LogP contribution is 2.31. The number of nitrogens with one attached hydrogen (secondary N) is 1. The van der Waals surface area contributed by atoms with Crippen molar-refractivity contribution in [1.82, 2.24) is 10.3 Å². The van der Waals surface area contributed by atoms with Crippen molar-refractivity contribution in [2.75, 3.05) is 0 Å². The molecular formula is C13H13FN2S. The van der Waals surface area contributed by atoms with Gasteiger partial charge in [-0.15, -0.1) is 11.3 Å². The van der Waals surface area contributed by atoms with Crippen LogP contribution in [-0.4, -0.2) is 4.98 Å². The van der Waals surface area contributed by atoms with Crippen LogP contribution in [0.25, 0.3) is 0 Å². The SMILES string of the molecule is Fc1ccc2c(c1)CCC2NCc1nccs1. The van der Waals surface area contributed by atoms with E-state index >= 15 is 0 Å². The third-order valence-corrected chi connectivity index (χ3v) is 3.95. The Morgan fingerprint density at radius 3 is 3.24 bits per heavy atom. The first-order chi connectivity index (χ1) is 8.33. The van der Waals surface area contributed by atoms with Crippen molar-refractivity contribution in [2.45, 2.75) is 25.4 Å². The lowest BCUT2D eigenvalue weighted by molar-refractivity contribution is 0.529. The molecule has 88 valence electrons. The Kier molecular flexibility index (Phi) is 2.91. The van der Waals surface area contributed by atoms with E-state index in [1.165, 1.54) is 5.56 Å². The van der Waals surface area contributed by atoms with Crippen LogP contribution in [0.5, 0.6) is 0 Å². The van der Waals surface area contributed by atoms with Gasteiger partial charge in [0.1, 0.15) is 10.8 Å². The lowest BCUT2D eigenvalue weighted by atomic mass is 10.1. The Hall–Kier alpha value is -1.26. The van der Waals surface area contributed by atoms with Crippen LogP contribution >= 0.6 is 11.3 Å². The molecule has 0 fully saturated rings. The molecule has 0 amide bonds. The van der Waals surface area contributed by atoms with Gasteiger partial charge in [-0.3, -0.25) is 0 Å². The van der Waals surface area contributed by atoms with Crippen LogP contribution in [0.1, 0.15) is 28.6 Å². The van der Waals surface area contributed by atoms with Crippen LogP contribution in [0.15, 0.2) is 29.8 Å². The monoisotopic (exact) mass is 248 g/mol. The molecule has 0 spiro atoms. The van der Waals surface area contributed by atoms with Gasteiger partial charge in [-0.1, -0.05) is 6.07 Å². The van der Waals surface area contributed by atoms with E-state index < -0.39 is 0 Å². The first kappa shape index (κ1) is 10.9. The number of hydrogen-bond acceptors (Lipinski definition) is 3. The minimum atomic E-state index is -0.135. The van der Waals surface area contributed by atoms with Gasteiger partial charge >= 0.3 is 0 Å². The lowest BCUT2D eigenvalue weighted by Gasteiger charge is -2.12. The van der Waals surface area contributed by atoms with Gasteiger partial charge in [-0.2, -0.15) is 0 Å². The van der Waals surface area contributed by atoms with Crippen LogP contribution in [-0.2, 0) is 13.0 Å². The van der Waals surface area contributed by atoms with Crippen molar-refractivity contribution in [1.29, 1.82) is 0 Å². The van der Waals surface area contributed by atoms with Gasteiger partial charge in [0.25, 0.3) is 0 Å². The van der Waals surface area contributed by atoms with Gasteiger partial charge in [0.2, 0.25) is 0 Å². The van der Waals surface area contributed by atoms with Crippen molar-refractivity contribution in [2.24, 2.45) is 0 Å². The fraction of sp³-hybridized carbons (Fsp3) is 0.308. The summed E-state index contributed by atoms with van der Waals surface area (Å²) in [7, 11) is 0. The normalized spacial score (nSPS) is 18.3. The zero-order chi connectivity index (χ0) is 11.7. The molecule has 1 N–H and O–H groups in total. The van der Waals surface area contributed by atoms with E-state index in [1.54, 1.807) is 23.5 Å². The first-order valence-corrected chi connectivity index (χ1v) is 6.61. The van der Waals surface area contributed by atoms with E-state index in [0.717, 1.165) is 30.0 Å². The molecule has 1 atom stereocenters. The van der Waals surface area contributed by atoms with E-state index in [2.05, 4.69) is 10.3 Å². The maximum absolute atomic E-state index is 13.1. The van der Waals surface area contributed by atoms with Gasteiger partial charge in [0.15, 0.2) is 0 Å². The Bertz CT molecular complexity index is 510. The predicted octanol–water partition coefficient (Wildman–Crippen LogP) is 3.06. The Labute approximate surface area is 104 Å². The molecule has 3 rings (SSSR count). The van der Waals surface area contributed by atoms with Crippen molar-refractivity contribution >= 4 is 11.3 Å². The molecule has 2 nitrogen and oxygen atoms in total. The molecule has 4 heteroatoms. The van der Waals surface area contributed by atoms with E-state index in [9.17, 15) is 4.39 Å². The average molecular weight is 248 g/mol. The first-order valence-electron chi connectivity index (χ1n) is 5.73. The number of hydrogen-bond donors (Lipinski definition) is 1. The standard InChI is InChI=1S/C13H13FN2S/c14-10-2-3-11-9(7-10)1-4-12(11)16-8-13-15-5-6-17-13/h2-3,5-7,12,16H,1,4,8H2.